The van der Waals surface area contributed by atoms with Gasteiger partial charge in [-0.3, -0.25) is 4.79 Å². The molecule has 1 aliphatic rings. The number of phenolic OH excluding ortho intramolecular Hbond substituents is 1. The van der Waals surface area contributed by atoms with Crippen molar-refractivity contribution < 1.29 is 14.5 Å². The summed E-state index contributed by atoms with van der Waals surface area (Å²) in [6.07, 6.45) is 0.142. The summed E-state index contributed by atoms with van der Waals surface area (Å²) in [4.78, 5) is 13.6. The van der Waals surface area contributed by atoms with Crippen molar-refractivity contribution in [2.24, 2.45) is 0 Å². The highest BCUT2D eigenvalue weighted by Gasteiger charge is 2.42. The van der Waals surface area contributed by atoms with Gasteiger partial charge in [-0.25, -0.2) is 0 Å². The third kappa shape index (κ3) is 3.63. The van der Waals surface area contributed by atoms with Gasteiger partial charge in [0.15, 0.2) is 7.14 Å². The SMILES string of the molecule is CC(C)(C)c1cc(CP2(=O)C(=O)c3ccccc3-c3ccccc32)cc(C(C)(C)C)c1O. The lowest BCUT2D eigenvalue weighted by molar-refractivity contribution is 0.107. The molecule has 0 spiro atoms. The number of benzene rings is 3. The van der Waals surface area contributed by atoms with Crippen LogP contribution in [0.3, 0.4) is 0 Å². The molecule has 0 radical (unpaired) electrons. The van der Waals surface area contributed by atoms with Crippen LogP contribution in [0.1, 0.15) is 68.6 Å². The normalized spacial score (nSPS) is 18.2. The number of aromatic hydroxyl groups is 1. The molecule has 0 saturated heterocycles. The Balaban J connectivity index is 1.93. The fourth-order valence-corrected chi connectivity index (χ4v) is 7.29. The summed E-state index contributed by atoms with van der Waals surface area (Å²) in [7, 11) is -3.43. The largest absolute Gasteiger partial charge is 0.507 e. The van der Waals surface area contributed by atoms with E-state index in [4.69, 9.17) is 0 Å². The van der Waals surface area contributed by atoms with Crippen LogP contribution in [0.4, 0.5) is 0 Å². The van der Waals surface area contributed by atoms with E-state index >= 15 is 0 Å². The molecule has 0 amide bonds. The lowest BCUT2D eigenvalue weighted by Crippen LogP contribution is -2.23. The maximum absolute atomic E-state index is 14.5. The summed E-state index contributed by atoms with van der Waals surface area (Å²) in [6.45, 7) is 12.3. The van der Waals surface area contributed by atoms with E-state index < -0.39 is 7.14 Å². The van der Waals surface area contributed by atoms with Gasteiger partial charge in [-0.1, -0.05) is 102 Å². The zero-order valence-corrected chi connectivity index (χ0v) is 20.6. The Morgan fingerprint density at radius 1 is 0.750 bits per heavy atom. The second kappa shape index (κ2) is 7.46. The molecule has 32 heavy (non-hydrogen) atoms. The van der Waals surface area contributed by atoms with E-state index in [0.29, 0.717) is 10.9 Å². The molecule has 4 rings (SSSR count). The third-order valence-corrected chi connectivity index (χ3v) is 9.14. The highest BCUT2D eigenvalue weighted by atomic mass is 31.2. The molecule has 1 unspecified atom stereocenters. The highest BCUT2D eigenvalue weighted by Crippen LogP contribution is 2.57. The summed E-state index contributed by atoms with van der Waals surface area (Å²) < 4.78 is 14.5. The van der Waals surface area contributed by atoms with E-state index in [1.165, 1.54) is 0 Å². The van der Waals surface area contributed by atoms with Gasteiger partial charge in [0.25, 0.3) is 0 Å². The Labute approximate surface area is 190 Å². The number of rotatable bonds is 2. The van der Waals surface area contributed by atoms with Crippen LogP contribution in [0.25, 0.3) is 11.1 Å². The van der Waals surface area contributed by atoms with Gasteiger partial charge in [-0.2, -0.15) is 0 Å². The summed E-state index contributed by atoms with van der Waals surface area (Å²) in [6, 6.07) is 18.8. The van der Waals surface area contributed by atoms with Gasteiger partial charge >= 0.3 is 0 Å². The van der Waals surface area contributed by atoms with Crippen LogP contribution in [-0.4, -0.2) is 10.6 Å². The van der Waals surface area contributed by atoms with Gasteiger partial charge < -0.3 is 9.67 Å². The molecule has 0 fully saturated rings. The maximum Gasteiger partial charge on any atom is 0.226 e. The molecule has 0 saturated carbocycles. The van der Waals surface area contributed by atoms with E-state index in [-0.39, 0.29) is 28.3 Å². The quantitative estimate of drug-likeness (QED) is 0.431. The minimum Gasteiger partial charge on any atom is -0.507 e. The van der Waals surface area contributed by atoms with Gasteiger partial charge in [-0.05, 0) is 38.6 Å². The van der Waals surface area contributed by atoms with E-state index in [1.54, 1.807) is 6.07 Å². The number of carbonyl (C=O) groups is 1. The van der Waals surface area contributed by atoms with Gasteiger partial charge in [-0.15, -0.1) is 0 Å². The van der Waals surface area contributed by atoms with Crippen LogP contribution in [-0.2, 0) is 21.6 Å². The predicted molar refractivity (Wildman–Crippen MR) is 133 cm³/mol. The van der Waals surface area contributed by atoms with Crippen molar-refractivity contribution in [3.8, 4) is 16.9 Å². The van der Waals surface area contributed by atoms with Gasteiger partial charge in [0.2, 0.25) is 5.52 Å². The molecular weight excluding hydrogens is 415 g/mol. The average Bonchev–Trinajstić information content (AvgIpc) is 2.72. The van der Waals surface area contributed by atoms with Crippen molar-refractivity contribution in [1.82, 2.24) is 0 Å². The average molecular weight is 447 g/mol. The lowest BCUT2D eigenvalue weighted by atomic mass is 9.78. The molecular formula is C28H31O3P. The molecule has 0 aliphatic carbocycles. The topological polar surface area (TPSA) is 54.4 Å². The van der Waals surface area contributed by atoms with Crippen molar-refractivity contribution in [1.29, 1.82) is 0 Å². The van der Waals surface area contributed by atoms with Gasteiger partial charge in [0, 0.05) is 17.0 Å². The smallest absolute Gasteiger partial charge is 0.226 e. The van der Waals surface area contributed by atoms with Crippen LogP contribution in [0.2, 0.25) is 0 Å². The van der Waals surface area contributed by atoms with Crippen molar-refractivity contribution in [2.75, 3.05) is 0 Å². The molecule has 0 bridgehead atoms. The predicted octanol–water partition coefficient (Wildman–Crippen LogP) is 7.00. The van der Waals surface area contributed by atoms with E-state index in [1.807, 2.05) is 54.6 Å². The highest BCUT2D eigenvalue weighted by molar-refractivity contribution is 7.87. The Morgan fingerprint density at radius 2 is 1.22 bits per heavy atom. The monoisotopic (exact) mass is 446 g/mol. The molecule has 1 aliphatic heterocycles. The number of phenols is 1. The molecule has 3 nitrogen and oxygen atoms in total. The molecule has 1 atom stereocenters. The molecule has 1 N–H and O–H groups in total. The molecule has 3 aromatic rings. The number of hydrogen-bond acceptors (Lipinski definition) is 3. The molecule has 1 heterocycles. The third-order valence-electron chi connectivity index (χ3n) is 6.26. The number of fused-ring (bicyclic) bond motifs is 3. The first-order chi connectivity index (χ1) is 14.8. The molecule has 3 aromatic carbocycles. The van der Waals surface area contributed by atoms with Crippen LogP contribution in [0, 0.1) is 0 Å². The first-order valence-corrected chi connectivity index (χ1v) is 12.9. The molecule has 4 heteroatoms. The summed E-state index contributed by atoms with van der Waals surface area (Å²) in [5.41, 5.74) is 3.81. The summed E-state index contributed by atoms with van der Waals surface area (Å²) >= 11 is 0. The van der Waals surface area contributed by atoms with Crippen LogP contribution >= 0.6 is 7.14 Å². The van der Waals surface area contributed by atoms with Gasteiger partial charge in [0.1, 0.15) is 5.75 Å². The Bertz CT molecular complexity index is 1240. The van der Waals surface area contributed by atoms with Crippen molar-refractivity contribution in [3.63, 3.8) is 0 Å². The number of hydrogen-bond donors (Lipinski definition) is 1. The Kier molecular flexibility index (Phi) is 5.25. The second-order valence-corrected chi connectivity index (χ2v) is 13.5. The fourth-order valence-electron chi connectivity index (χ4n) is 4.57. The number of carbonyl (C=O) groups excluding carboxylic acids is 1. The lowest BCUT2D eigenvalue weighted by Gasteiger charge is -2.30. The second-order valence-electron chi connectivity index (χ2n) is 10.8. The maximum atomic E-state index is 14.5. The van der Waals surface area contributed by atoms with Gasteiger partial charge in [0.05, 0.1) is 0 Å². The minimum atomic E-state index is -3.43. The minimum absolute atomic E-state index is 0.142. The summed E-state index contributed by atoms with van der Waals surface area (Å²) in [5.74, 6) is 0.285. The standard InChI is InChI=1S/C28H31O3P/c1-27(2,3)22-15-18(16-23(25(22)29)28(4,5)6)17-32(31)24-14-10-9-12-20(24)19-11-7-8-13-21(19)26(32)30/h7-16,29H,17H2,1-6H3. The molecule has 0 aromatic heterocycles. The Hall–Kier alpha value is -2.64. The van der Waals surface area contributed by atoms with Crippen LogP contribution in [0.15, 0.2) is 60.7 Å². The van der Waals surface area contributed by atoms with Crippen molar-refractivity contribution in [3.05, 3.63) is 82.9 Å². The first-order valence-electron chi connectivity index (χ1n) is 11.0. The van der Waals surface area contributed by atoms with E-state index in [9.17, 15) is 14.5 Å². The van der Waals surface area contributed by atoms with Crippen LogP contribution in [0.5, 0.6) is 5.75 Å². The van der Waals surface area contributed by atoms with E-state index in [2.05, 4.69) is 41.5 Å². The van der Waals surface area contributed by atoms with E-state index in [0.717, 1.165) is 27.8 Å². The Morgan fingerprint density at radius 3 is 1.75 bits per heavy atom. The van der Waals surface area contributed by atoms with Crippen molar-refractivity contribution >= 4 is 18.0 Å². The molecule has 166 valence electrons. The zero-order valence-electron chi connectivity index (χ0n) is 19.7. The first kappa shape index (κ1) is 22.6. The van der Waals surface area contributed by atoms with Crippen LogP contribution < -0.4 is 5.30 Å². The zero-order chi connectivity index (χ0) is 23.5. The fraction of sp³-hybridized carbons (Fsp3) is 0.321. The summed E-state index contributed by atoms with van der Waals surface area (Å²) in [5, 5.41) is 11.7. The van der Waals surface area contributed by atoms with Crippen molar-refractivity contribution in [2.45, 2.75) is 58.5 Å².